The number of Topliss-reactive ketones (excluding diaryl/α,β-unsaturated/α-hetero) is 1. The standard InChI is InChI=1S/C16H16N2O4S2/c19-13-8-4-7-12-15(13)23-16(17-12)18-14(20)9-10-24(21,22)11-5-2-1-3-6-11/h1-3,5-6H,4,7-10H2,(H,17,18,20). The summed E-state index contributed by atoms with van der Waals surface area (Å²) in [7, 11) is -3.49. The van der Waals surface area contributed by atoms with Crippen molar-refractivity contribution in [2.24, 2.45) is 0 Å². The molecular formula is C16H16N2O4S2. The highest BCUT2D eigenvalue weighted by Crippen LogP contribution is 2.29. The van der Waals surface area contributed by atoms with Crippen molar-refractivity contribution in [1.82, 2.24) is 4.98 Å². The van der Waals surface area contributed by atoms with Gasteiger partial charge in [0.25, 0.3) is 0 Å². The molecule has 0 radical (unpaired) electrons. The maximum atomic E-state index is 12.2. The van der Waals surface area contributed by atoms with Crippen molar-refractivity contribution in [3.05, 3.63) is 40.9 Å². The second-order valence-corrected chi connectivity index (χ2v) is 8.61. The molecule has 1 heterocycles. The molecule has 126 valence electrons. The summed E-state index contributed by atoms with van der Waals surface area (Å²) in [6, 6.07) is 8.03. The van der Waals surface area contributed by atoms with E-state index in [1.807, 2.05) is 0 Å². The van der Waals surface area contributed by atoms with Crippen molar-refractivity contribution >= 4 is 38.0 Å². The molecule has 8 heteroatoms. The van der Waals surface area contributed by atoms with Gasteiger partial charge in [-0.1, -0.05) is 29.5 Å². The summed E-state index contributed by atoms with van der Waals surface area (Å²) in [5.41, 5.74) is 0.725. The smallest absolute Gasteiger partial charge is 0.227 e. The van der Waals surface area contributed by atoms with Gasteiger partial charge < -0.3 is 5.32 Å². The zero-order chi connectivity index (χ0) is 17.2. The number of hydrogen-bond acceptors (Lipinski definition) is 6. The number of hydrogen-bond donors (Lipinski definition) is 1. The van der Waals surface area contributed by atoms with Gasteiger partial charge in [0.2, 0.25) is 5.91 Å². The van der Waals surface area contributed by atoms with E-state index in [1.54, 1.807) is 18.2 Å². The zero-order valence-corrected chi connectivity index (χ0v) is 14.5. The lowest BCUT2D eigenvalue weighted by Gasteiger charge is -2.05. The van der Waals surface area contributed by atoms with Crippen LogP contribution in [0.2, 0.25) is 0 Å². The Balaban J connectivity index is 1.61. The maximum absolute atomic E-state index is 12.2. The fraction of sp³-hybridized carbons (Fsp3) is 0.312. The van der Waals surface area contributed by atoms with E-state index in [2.05, 4.69) is 10.3 Å². The van der Waals surface area contributed by atoms with Crippen LogP contribution in [0.15, 0.2) is 35.2 Å². The average molecular weight is 364 g/mol. The number of nitrogens with one attached hydrogen (secondary N) is 1. The number of carbonyl (C=O) groups is 2. The van der Waals surface area contributed by atoms with Crippen molar-refractivity contribution in [2.45, 2.75) is 30.6 Å². The number of fused-ring (bicyclic) bond motifs is 1. The van der Waals surface area contributed by atoms with Crippen LogP contribution in [0.5, 0.6) is 0 Å². The summed E-state index contributed by atoms with van der Waals surface area (Å²) in [4.78, 5) is 28.8. The highest BCUT2D eigenvalue weighted by atomic mass is 32.2. The number of aromatic nitrogens is 1. The van der Waals surface area contributed by atoms with E-state index < -0.39 is 15.7 Å². The second kappa shape index (κ2) is 6.82. The van der Waals surface area contributed by atoms with E-state index >= 15 is 0 Å². The molecule has 0 bridgehead atoms. The number of anilines is 1. The molecule has 1 amide bonds. The number of thiazole rings is 1. The molecule has 2 aromatic rings. The van der Waals surface area contributed by atoms with E-state index in [-0.39, 0.29) is 22.9 Å². The van der Waals surface area contributed by atoms with Crippen LogP contribution in [0, 0.1) is 0 Å². The predicted octanol–water partition coefficient (Wildman–Crippen LogP) is 2.46. The van der Waals surface area contributed by atoms with Crippen LogP contribution in [-0.2, 0) is 21.1 Å². The lowest BCUT2D eigenvalue weighted by molar-refractivity contribution is -0.115. The van der Waals surface area contributed by atoms with Gasteiger partial charge in [0.05, 0.1) is 21.2 Å². The molecule has 0 fully saturated rings. The largest absolute Gasteiger partial charge is 0.302 e. The highest BCUT2D eigenvalue weighted by molar-refractivity contribution is 7.91. The Morgan fingerprint density at radius 1 is 1.21 bits per heavy atom. The lowest BCUT2D eigenvalue weighted by atomic mass is 10.0. The van der Waals surface area contributed by atoms with Crippen LogP contribution < -0.4 is 5.32 Å². The third-order valence-corrected chi connectivity index (χ3v) is 6.50. The van der Waals surface area contributed by atoms with Gasteiger partial charge in [0.15, 0.2) is 20.8 Å². The molecule has 1 N–H and O–H groups in total. The van der Waals surface area contributed by atoms with Crippen LogP contribution in [0.25, 0.3) is 0 Å². The van der Waals surface area contributed by atoms with Gasteiger partial charge in [-0.15, -0.1) is 0 Å². The van der Waals surface area contributed by atoms with Gasteiger partial charge in [0, 0.05) is 12.8 Å². The first-order valence-corrected chi connectivity index (χ1v) is 10.0. The van der Waals surface area contributed by atoms with Crippen LogP contribution in [0.4, 0.5) is 5.13 Å². The fourth-order valence-electron chi connectivity index (χ4n) is 2.48. The van der Waals surface area contributed by atoms with Crippen LogP contribution in [-0.4, -0.2) is 30.8 Å². The van der Waals surface area contributed by atoms with Crippen LogP contribution in [0.1, 0.15) is 34.6 Å². The van der Waals surface area contributed by atoms with Crippen molar-refractivity contribution in [1.29, 1.82) is 0 Å². The van der Waals surface area contributed by atoms with Gasteiger partial charge in [-0.25, -0.2) is 13.4 Å². The summed E-state index contributed by atoms with van der Waals surface area (Å²) in [5.74, 6) is -0.638. The normalized spacial score (nSPS) is 14.2. The molecule has 0 saturated carbocycles. The van der Waals surface area contributed by atoms with E-state index in [9.17, 15) is 18.0 Å². The summed E-state index contributed by atoms with van der Waals surface area (Å²) in [5, 5.41) is 2.95. The predicted molar refractivity (Wildman–Crippen MR) is 91.1 cm³/mol. The molecule has 0 spiro atoms. The summed E-state index contributed by atoms with van der Waals surface area (Å²) in [6.07, 6.45) is 1.86. The van der Waals surface area contributed by atoms with E-state index in [4.69, 9.17) is 0 Å². The molecule has 24 heavy (non-hydrogen) atoms. The molecule has 0 unspecified atom stereocenters. The first kappa shape index (κ1) is 16.8. The Labute approximate surface area is 143 Å². The summed E-state index contributed by atoms with van der Waals surface area (Å²) in [6.45, 7) is 0. The topological polar surface area (TPSA) is 93.2 Å². The second-order valence-electron chi connectivity index (χ2n) is 5.50. The summed E-state index contributed by atoms with van der Waals surface area (Å²) >= 11 is 1.16. The summed E-state index contributed by atoms with van der Waals surface area (Å²) < 4.78 is 24.3. The Hall–Kier alpha value is -2.06. The van der Waals surface area contributed by atoms with Crippen molar-refractivity contribution in [3.63, 3.8) is 0 Å². The fourth-order valence-corrected chi connectivity index (χ4v) is 4.73. The minimum Gasteiger partial charge on any atom is -0.302 e. The Morgan fingerprint density at radius 3 is 2.67 bits per heavy atom. The molecule has 1 aromatic carbocycles. The van der Waals surface area contributed by atoms with E-state index in [1.165, 1.54) is 12.1 Å². The number of aryl methyl sites for hydroxylation is 1. The molecule has 0 atom stereocenters. The van der Waals surface area contributed by atoms with Crippen molar-refractivity contribution in [3.8, 4) is 0 Å². The zero-order valence-electron chi connectivity index (χ0n) is 12.8. The van der Waals surface area contributed by atoms with Gasteiger partial charge in [-0.05, 0) is 25.0 Å². The quantitative estimate of drug-likeness (QED) is 0.880. The van der Waals surface area contributed by atoms with Crippen LogP contribution in [0.3, 0.4) is 0 Å². The molecule has 1 aliphatic rings. The molecule has 0 saturated heterocycles. The molecule has 1 aromatic heterocycles. The van der Waals surface area contributed by atoms with Gasteiger partial charge in [-0.2, -0.15) is 0 Å². The third-order valence-electron chi connectivity index (χ3n) is 3.71. The number of carbonyl (C=O) groups excluding carboxylic acids is 2. The molecule has 6 nitrogen and oxygen atoms in total. The monoisotopic (exact) mass is 364 g/mol. The van der Waals surface area contributed by atoms with Gasteiger partial charge >= 0.3 is 0 Å². The van der Waals surface area contributed by atoms with Gasteiger partial charge in [0.1, 0.15) is 0 Å². The first-order valence-electron chi connectivity index (χ1n) is 7.56. The van der Waals surface area contributed by atoms with E-state index in [0.717, 1.165) is 29.9 Å². The maximum Gasteiger partial charge on any atom is 0.227 e. The number of nitrogens with zero attached hydrogens (tertiary/aromatic N) is 1. The Morgan fingerprint density at radius 2 is 1.96 bits per heavy atom. The number of ketones is 1. The van der Waals surface area contributed by atoms with Gasteiger partial charge in [-0.3, -0.25) is 9.59 Å². The van der Waals surface area contributed by atoms with Crippen molar-refractivity contribution < 1.29 is 18.0 Å². The number of rotatable bonds is 5. The molecule has 0 aliphatic heterocycles. The lowest BCUT2D eigenvalue weighted by Crippen LogP contribution is -2.17. The number of amides is 1. The van der Waals surface area contributed by atoms with Crippen molar-refractivity contribution in [2.75, 3.05) is 11.1 Å². The molecule has 1 aliphatic carbocycles. The highest BCUT2D eigenvalue weighted by Gasteiger charge is 2.23. The first-order chi connectivity index (χ1) is 11.5. The third kappa shape index (κ3) is 3.70. The Kier molecular flexibility index (Phi) is 4.77. The Bertz CT molecular complexity index is 873. The molecular weight excluding hydrogens is 348 g/mol. The number of sulfone groups is 1. The minimum atomic E-state index is -3.49. The average Bonchev–Trinajstić information content (AvgIpc) is 2.98. The van der Waals surface area contributed by atoms with Crippen LogP contribution >= 0.6 is 11.3 Å². The number of benzene rings is 1. The molecule has 3 rings (SSSR count). The van der Waals surface area contributed by atoms with E-state index in [0.29, 0.717) is 16.4 Å². The SMILES string of the molecule is O=C(CCS(=O)(=O)c1ccccc1)Nc1nc2c(s1)C(=O)CCC2. The minimum absolute atomic E-state index is 0.0564.